The monoisotopic (exact) mass is 249 g/mol. The quantitative estimate of drug-likeness (QED) is 0.881. The Morgan fingerprint density at radius 1 is 1.50 bits per heavy atom. The maximum Gasteiger partial charge on any atom is 0.213 e. The molecule has 0 saturated carbocycles. The number of hydrogen-bond acceptors (Lipinski definition) is 4. The molecule has 100 valence electrons. The van der Waals surface area contributed by atoms with Crippen LogP contribution in [0.15, 0.2) is 18.2 Å². The van der Waals surface area contributed by atoms with E-state index in [4.69, 9.17) is 4.74 Å². The molecule has 0 spiro atoms. The van der Waals surface area contributed by atoms with Crippen LogP contribution in [0, 0.1) is 5.92 Å². The molecular weight excluding hydrogens is 226 g/mol. The van der Waals surface area contributed by atoms with E-state index in [1.807, 2.05) is 19.2 Å². The number of pyridine rings is 1. The van der Waals surface area contributed by atoms with Crippen molar-refractivity contribution >= 4 is 0 Å². The molecule has 4 nitrogen and oxygen atoms in total. The molecule has 1 saturated heterocycles. The van der Waals surface area contributed by atoms with Crippen molar-refractivity contribution in [1.82, 2.24) is 15.2 Å². The number of likely N-dealkylation sites (tertiary alicyclic amines) is 1. The highest BCUT2D eigenvalue weighted by Crippen LogP contribution is 2.34. The topological polar surface area (TPSA) is 37.4 Å². The second kappa shape index (κ2) is 6.16. The van der Waals surface area contributed by atoms with Crippen LogP contribution in [0.25, 0.3) is 0 Å². The summed E-state index contributed by atoms with van der Waals surface area (Å²) < 4.78 is 5.23. The minimum Gasteiger partial charge on any atom is -0.481 e. The van der Waals surface area contributed by atoms with Gasteiger partial charge in [-0.25, -0.2) is 4.98 Å². The third-order valence-corrected chi connectivity index (χ3v) is 3.73. The van der Waals surface area contributed by atoms with Crippen LogP contribution in [0.3, 0.4) is 0 Å². The normalized spacial score (nSPS) is 25.1. The summed E-state index contributed by atoms with van der Waals surface area (Å²) in [6.07, 6.45) is 2.53. The van der Waals surface area contributed by atoms with E-state index in [-0.39, 0.29) is 0 Å². The fourth-order valence-electron chi connectivity index (χ4n) is 2.91. The number of nitrogens with zero attached hydrogens (tertiary/aromatic N) is 2. The molecule has 0 aliphatic carbocycles. The van der Waals surface area contributed by atoms with Crippen molar-refractivity contribution in [2.24, 2.45) is 5.92 Å². The summed E-state index contributed by atoms with van der Waals surface area (Å²) in [5.41, 5.74) is 1.12. The fraction of sp³-hybridized carbons (Fsp3) is 0.643. The molecule has 1 aliphatic heterocycles. The Balaban J connectivity index is 2.24. The Hall–Kier alpha value is -1.13. The van der Waals surface area contributed by atoms with Gasteiger partial charge in [0.1, 0.15) is 0 Å². The molecule has 1 aromatic heterocycles. The zero-order valence-corrected chi connectivity index (χ0v) is 11.5. The maximum atomic E-state index is 5.23. The lowest BCUT2D eigenvalue weighted by Gasteiger charge is -2.38. The third-order valence-electron chi connectivity index (χ3n) is 3.73. The van der Waals surface area contributed by atoms with Crippen LogP contribution in [0.5, 0.6) is 5.88 Å². The van der Waals surface area contributed by atoms with Gasteiger partial charge in [0, 0.05) is 6.07 Å². The highest BCUT2D eigenvalue weighted by molar-refractivity contribution is 5.19. The van der Waals surface area contributed by atoms with Crippen molar-refractivity contribution in [2.75, 3.05) is 34.3 Å². The standard InChI is InChI=1S/C14H23N3O/c1-15-10-11-6-5-9-17(2)14(11)12-7-4-8-13(16-12)18-3/h4,7-8,11,14-15H,5-6,9-10H2,1-3H3. The molecular formula is C14H23N3O. The summed E-state index contributed by atoms with van der Waals surface area (Å²) in [6.45, 7) is 2.18. The average molecular weight is 249 g/mol. The number of aromatic nitrogens is 1. The Morgan fingerprint density at radius 3 is 3.06 bits per heavy atom. The molecule has 18 heavy (non-hydrogen) atoms. The molecule has 2 atom stereocenters. The van der Waals surface area contributed by atoms with Gasteiger partial charge in [-0.05, 0) is 52.0 Å². The second-order valence-corrected chi connectivity index (χ2v) is 4.99. The smallest absolute Gasteiger partial charge is 0.213 e. The van der Waals surface area contributed by atoms with E-state index < -0.39 is 0 Å². The zero-order chi connectivity index (χ0) is 13.0. The van der Waals surface area contributed by atoms with E-state index >= 15 is 0 Å². The lowest BCUT2D eigenvalue weighted by Crippen LogP contribution is -2.40. The lowest BCUT2D eigenvalue weighted by atomic mass is 9.87. The van der Waals surface area contributed by atoms with Crippen molar-refractivity contribution in [3.05, 3.63) is 23.9 Å². The summed E-state index contributed by atoms with van der Waals surface area (Å²) in [4.78, 5) is 7.02. The number of methoxy groups -OCH3 is 1. The largest absolute Gasteiger partial charge is 0.481 e. The van der Waals surface area contributed by atoms with Gasteiger partial charge < -0.3 is 10.1 Å². The van der Waals surface area contributed by atoms with Crippen LogP contribution in [-0.4, -0.2) is 44.2 Å². The van der Waals surface area contributed by atoms with Crippen molar-refractivity contribution in [1.29, 1.82) is 0 Å². The average Bonchev–Trinajstić information content (AvgIpc) is 2.39. The molecule has 0 aromatic carbocycles. The van der Waals surface area contributed by atoms with E-state index in [9.17, 15) is 0 Å². The van der Waals surface area contributed by atoms with Crippen LogP contribution in [-0.2, 0) is 0 Å². The third kappa shape index (κ3) is 2.82. The summed E-state index contributed by atoms with van der Waals surface area (Å²) in [7, 11) is 5.88. The van der Waals surface area contributed by atoms with Gasteiger partial charge in [-0.3, -0.25) is 4.90 Å². The zero-order valence-electron chi connectivity index (χ0n) is 11.5. The van der Waals surface area contributed by atoms with Crippen LogP contribution in [0.1, 0.15) is 24.6 Å². The number of nitrogens with one attached hydrogen (secondary N) is 1. The number of rotatable bonds is 4. The van der Waals surface area contributed by atoms with Crippen LogP contribution < -0.4 is 10.1 Å². The molecule has 2 unspecified atom stereocenters. The molecule has 1 aromatic rings. The molecule has 1 aliphatic rings. The first kappa shape index (κ1) is 13.3. The van der Waals surface area contributed by atoms with Crippen molar-refractivity contribution < 1.29 is 4.74 Å². The lowest BCUT2D eigenvalue weighted by molar-refractivity contribution is 0.117. The Morgan fingerprint density at radius 2 is 2.33 bits per heavy atom. The van der Waals surface area contributed by atoms with Gasteiger partial charge in [0.05, 0.1) is 18.8 Å². The van der Waals surface area contributed by atoms with E-state index in [0.717, 1.165) is 18.8 Å². The van der Waals surface area contributed by atoms with Gasteiger partial charge in [0.25, 0.3) is 0 Å². The van der Waals surface area contributed by atoms with Gasteiger partial charge in [0.15, 0.2) is 0 Å². The molecule has 0 amide bonds. The Kier molecular flexibility index (Phi) is 4.55. The minimum atomic E-state index is 0.390. The molecule has 4 heteroatoms. The fourth-order valence-corrected chi connectivity index (χ4v) is 2.91. The van der Waals surface area contributed by atoms with Crippen molar-refractivity contribution in [3.63, 3.8) is 0 Å². The van der Waals surface area contributed by atoms with E-state index in [2.05, 4.69) is 28.3 Å². The molecule has 0 bridgehead atoms. The molecule has 2 rings (SSSR count). The van der Waals surface area contributed by atoms with E-state index in [1.54, 1.807) is 7.11 Å². The van der Waals surface area contributed by atoms with Gasteiger partial charge in [-0.2, -0.15) is 0 Å². The number of ether oxygens (including phenoxy) is 1. The highest BCUT2D eigenvalue weighted by atomic mass is 16.5. The van der Waals surface area contributed by atoms with E-state index in [1.165, 1.54) is 12.8 Å². The number of piperidine rings is 1. The number of hydrogen-bond donors (Lipinski definition) is 1. The summed E-state index contributed by atoms with van der Waals surface area (Å²) in [5.74, 6) is 1.32. The Bertz CT molecular complexity index is 381. The molecule has 1 fully saturated rings. The van der Waals surface area contributed by atoms with Crippen LogP contribution >= 0.6 is 0 Å². The predicted molar refractivity (Wildman–Crippen MR) is 72.8 cm³/mol. The van der Waals surface area contributed by atoms with Crippen LogP contribution in [0.4, 0.5) is 0 Å². The maximum absolute atomic E-state index is 5.23. The second-order valence-electron chi connectivity index (χ2n) is 4.99. The minimum absolute atomic E-state index is 0.390. The summed E-state index contributed by atoms with van der Waals surface area (Å²) in [6, 6.07) is 6.43. The van der Waals surface area contributed by atoms with Crippen molar-refractivity contribution in [2.45, 2.75) is 18.9 Å². The first-order valence-electron chi connectivity index (χ1n) is 6.62. The predicted octanol–water partition coefficient (Wildman–Crippen LogP) is 1.69. The van der Waals surface area contributed by atoms with Crippen molar-refractivity contribution in [3.8, 4) is 5.88 Å². The van der Waals surface area contributed by atoms with Gasteiger partial charge in [-0.1, -0.05) is 6.07 Å². The SMILES string of the molecule is CNCC1CCCN(C)C1c1cccc(OC)n1. The van der Waals surface area contributed by atoms with Gasteiger partial charge >= 0.3 is 0 Å². The van der Waals surface area contributed by atoms with E-state index in [0.29, 0.717) is 17.8 Å². The molecule has 0 radical (unpaired) electrons. The summed E-state index contributed by atoms with van der Waals surface area (Å²) >= 11 is 0. The first-order chi connectivity index (χ1) is 8.76. The Labute approximate surface area is 109 Å². The van der Waals surface area contributed by atoms with Crippen LogP contribution in [0.2, 0.25) is 0 Å². The summed E-state index contributed by atoms with van der Waals surface area (Å²) in [5, 5.41) is 3.30. The highest BCUT2D eigenvalue weighted by Gasteiger charge is 2.31. The molecule has 1 N–H and O–H groups in total. The molecule has 2 heterocycles. The first-order valence-corrected chi connectivity index (χ1v) is 6.62. The van der Waals surface area contributed by atoms with Gasteiger partial charge in [-0.15, -0.1) is 0 Å². The van der Waals surface area contributed by atoms with Gasteiger partial charge in [0.2, 0.25) is 5.88 Å².